The molecule has 1 aliphatic carbocycles. The van der Waals surface area contributed by atoms with Crippen LogP contribution in [-0.4, -0.2) is 17.3 Å². The van der Waals surface area contributed by atoms with Crippen LogP contribution >= 0.6 is 0 Å². The molecule has 1 atom stereocenters. The molecular weight excluding hydrogens is 176 g/mol. The standard InChI is InChI=1S/C12H14O2/c13-12(5-6-12)10-7-9-3-1-2-4-11(9)14-8-10/h1-4,10,13H,5-8H2. The topological polar surface area (TPSA) is 29.5 Å². The Hall–Kier alpha value is -1.02. The van der Waals surface area contributed by atoms with E-state index in [2.05, 4.69) is 6.07 Å². The largest absolute Gasteiger partial charge is 0.493 e. The van der Waals surface area contributed by atoms with Gasteiger partial charge in [-0.05, 0) is 30.9 Å². The summed E-state index contributed by atoms with van der Waals surface area (Å²) in [5, 5.41) is 10.00. The molecule has 0 radical (unpaired) electrons. The number of ether oxygens (including phenoxy) is 1. The molecule has 1 heterocycles. The maximum absolute atomic E-state index is 10.00. The molecule has 1 aromatic carbocycles. The molecule has 1 N–H and O–H groups in total. The first-order valence-corrected chi connectivity index (χ1v) is 5.21. The third-order valence-corrected chi connectivity index (χ3v) is 3.40. The smallest absolute Gasteiger partial charge is 0.122 e. The summed E-state index contributed by atoms with van der Waals surface area (Å²) in [5.41, 5.74) is 0.831. The zero-order chi connectivity index (χ0) is 9.60. The summed E-state index contributed by atoms with van der Waals surface area (Å²) in [6.07, 6.45) is 2.86. The van der Waals surface area contributed by atoms with Gasteiger partial charge in [0.05, 0.1) is 12.2 Å². The number of hydrogen-bond acceptors (Lipinski definition) is 2. The van der Waals surface area contributed by atoms with Crippen LogP contribution in [0.5, 0.6) is 5.75 Å². The first-order chi connectivity index (χ1) is 6.78. The second-order valence-electron chi connectivity index (χ2n) is 4.42. The number of fused-ring (bicyclic) bond motifs is 1. The molecule has 1 aromatic rings. The highest BCUT2D eigenvalue weighted by molar-refractivity contribution is 5.35. The van der Waals surface area contributed by atoms with Crippen molar-refractivity contribution in [2.24, 2.45) is 5.92 Å². The van der Waals surface area contributed by atoms with Crippen LogP contribution in [0.3, 0.4) is 0 Å². The van der Waals surface area contributed by atoms with Gasteiger partial charge in [0.1, 0.15) is 5.75 Å². The molecule has 0 saturated heterocycles. The number of rotatable bonds is 1. The van der Waals surface area contributed by atoms with Crippen molar-refractivity contribution in [3.63, 3.8) is 0 Å². The average molecular weight is 190 g/mol. The summed E-state index contributed by atoms with van der Waals surface area (Å²) < 4.78 is 5.64. The summed E-state index contributed by atoms with van der Waals surface area (Å²) in [6.45, 7) is 0.674. The van der Waals surface area contributed by atoms with Crippen molar-refractivity contribution in [3.8, 4) is 5.75 Å². The van der Waals surface area contributed by atoms with Gasteiger partial charge in [-0.15, -0.1) is 0 Å². The van der Waals surface area contributed by atoms with Gasteiger partial charge in [0.25, 0.3) is 0 Å². The highest BCUT2D eigenvalue weighted by Crippen LogP contribution is 2.45. The molecule has 0 bridgehead atoms. The van der Waals surface area contributed by atoms with Gasteiger partial charge in [-0.1, -0.05) is 18.2 Å². The van der Waals surface area contributed by atoms with E-state index in [-0.39, 0.29) is 0 Å². The van der Waals surface area contributed by atoms with Gasteiger partial charge in [-0.25, -0.2) is 0 Å². The fraction of sp³-hybridized carbons (Fsp3) is 0.500. The molecule has 2 aliphatic rings. The second kappa shape index (κ2) is 2.74. The second-order valence-corrected chi connectivity index (χ2v) is 4.42. The van der Waals surface area contributed by atoms with Crippen molar-refractivity contribution in [2.75, 3.05) is 6.61 Å². The first-order valence-electron chi connectivity index (χ1n) is 5.21. The summed E-state index contributed by atoms with van der Waals surface area (Å²) in [5.74, 6) is 1.30. The van der Waals surface area contributed by atoms with Crippen LogP contribution in [0.4, 0.5) is 0 Å². The van der Waals surface area contributed by atoms with Crippen LogP contribution in [0.25, 0.3) is 0 Å². The van der Waals surface area contributed by atoms with Crippen LogP contribution in [0.1, 0.15) is 18.4 Å². The van der Waals surface area contributed by atoms with Crippen LogP contribution in [0.2, 0.25) is 0 Å². The van der Waals surface area contributed by atoms with E-state index in [9.17, 15) is 5.11 Å². The minimum Gasteiger partial charge on any atom is -0.493 e. The molecule has 0 aromatic heterocycles. The van der Waals surface area contributed by atoms with Gasteiger partial charge in [-0.3, -0.25) is 0 Å². The number of para-hydroxylation sites is 1. The lowest BCUT2D eigenvalue weighted by Gasteiger charge is -2.28. The third-order valence-electron chi connectivity index (χ3n) is 3.40. The normalized spacial score (nSPS) is 27.6. The molecule has 0 spiro atoms. The maximum atomic E-state index is 10.00. The van der Waals surface area contributed by atoms with Crippen molar-refractivity contribution in [2.45, 2.75) is 24.9 Å². The maximum Gasteiger partial charge on any atom is 0.122 e. The van der Waals surface area contributed by atoms with E-state index in [0.717, 1.165) is 25.0 Å². The molecule has 1 saturated carbocycles. The number of hydrogen-bond donors (Lipinski definition) is 1. The molecule has 1 aliphatic heterocycles. The minimum atomic E-state index is -0.409. The highest BCUT2D eigenvalue weighted by atomic mass is 16.5. The van der Waals surface area contributed by atoms with Gasteiger partial charge < -0.3 is 9.84 Å². The quantitative estimate of drug-likeness (QED) is 0.731. The molecule has 1 unspecified atom stereocenters. The van der Waals surface area contributed by atoms with E-state index in [1.54, 1.807) is 0 Å². The van der Waals surface area contributed by atoms with E-state index >= 15 is 0 Å². The molecule has 14 heavy (non-hydrogen) atoms. The van der Waals surface area contributed by atoms with Crippen LogP contribution in [-0.2, 0) is 6.42 Å². The molecular formula is C12H14O2. The molecule has 2 nitrogen and oxygen atoms in total. The van der Waals surface area contributed by atoms with Crippen molar-refractivity contribution >= 4 is 0 Å². The van der Waals surface area contributed by atoms with E-state index in [1.165, 1.54) is 5.56 Å². The van der Waals surface area contributed by atoms with Crippen molar-refractivity contribution in [3.05, 3.63) is 29.8 Å². The van der Waals surface area contributed by atoms with E-state index < -0.39 is 5.60 Å². The zero-order valence-electron chi connectivity index (χ0n) is 8.07. The Kier molecular flexibility index (Phi) is 1.62. The van der Waals surface area contributed by atoms with Crippen molar-refractivity contribution in [1.29, 1.82) is 0 Å². The van der Waals surface area contributed by atoms with Gasteiger partial charge in [0.15, 0.2) is 0 Å². The van der Waals surface area contributed by atoms with Crippen LogP contribution in [0, 0.1) is 5.92 Å². The summed E-state index contributed by atoms with van der Waals surface area (Å²) in [7, 11) is 0. The van der Waals surface area contributed by atoms with Crippen molar-refractivity contribution < 1.29 is 9.84 Å². The lowest BCUT2D eigenvalue weighted by atomic mass is 9.90. The Morgan fingerprint density at radius 1 is 1.29 bits per heavy atom. The summed E-state index contributed by atoms with van der Waals surface area (Å²) >= 11 is 0. The van der Waals surface area contributed by atoms with Gasteiger partial charge in [-0.2, -0.15) is 0 Å². The Bertz CT molecular complexity index is 355. The summed E-state index contributed by atoms with van der Waals surface area (Å²) in [6, 6.07) is 8.11. The Morgan fingerprint density at radius 3 is 2.86 bits per heavy atom. The highest BCUT2D eigenvalue weighted by Gasteiger charge is 2.48. The predicted molar refractivity (Wildman–Crippen MR) is 53.3 cm³/mol. The molecule has 0 amide bonds. The van der Waals surface area contributed by atoms with Crippen LogP contribution < -0.4 is 4.74 Å². The SMILES string of the molecule is OC1(C2COc3ccccc3C2)CC1. The number of benzene rings is 1. The predicted octanol–water partition coefficient (Wildman–Crippen LogP) is 1.76. The Labute approximate surface area is 83.5 Å². The summed E-state index contributed by atoms with van der Waals surface area (Å²) in [4.78, 5) is 0. The lowest BCUT2D eigenvalue weighted by molar-refractivity contribution is 0.0438. The van der Waals surface area contributed by atoms with Gasteiger partial charge >= 0.3 is 0 Å². The van der Waals surface area contributed by atoms with E-state index in [4.69, 9.17) is 4.74 Å². The van der Waals surface area contributed by atoms with Crippen LogP contribution in [0.15, 0.2) is 24.3 Å². The molecule has 1 fully saturated rings. The molecule has 3 rings (SSSR count). The van der Waals surface area contributed by atoms with Gasteiger partial charge in [0.2, 0.25) is 0 Å². The Morgan fingerprint density at radius 2 is 2.07 bits per heavy atom. The lowest BCUT2D eigenvalue weighted by Crippen LogP contribution is -2.32. The van der Waals surface area contributed by atoms with E-state index in [0.29, 0.717) is 12.5 Å². The minimum absolute atomic E-state index is 0.303. The number of aliphatic hydroxyl groups is 1. The first kappa shape index (κ1) is 8.30. The van der Waals surface area contributed by atoms with E-state index in [1.807, 2.05) is 18.2 Å². The molecule has 74 valence electrons. The third kappa shape index (κ3) is 1.22. The fourth-order valence-electron chi connectivity index (χ4n) is 2.21. The van der Waals surface area contributed by atoms with Gasteiger partial charge in [0, 0.05) is 5.92 Å². The average Bonchev–Trinajstić information content (AvgIpc) is 2.97. The molecule has 2 heteroatoms. The zero-order valence-corrected chi connectivity index (χ0v) is 8.07. The van der Waals surface area contributed by atoms with Crippen molar-refractivity contribution in [1.82, 2.24) is 0 Å². The monoisotopic (exact) mass is 190 g/mol. The fourth-order valence-corrected chi connectivity index (χ4v) is 2.21. The Balaban J connectivity index is 1.86.